The van der Waals surface area contributed by atoms with E-state index in [1.54, 1.807) is 23.2 Å². The van der Waals surface area contributed by atoms with Crippen LogP contribution >= 0.6 is 0 Å². The number of nitrogens with zero attached hydrogens (tertiary/aromatic N) is 3. The zero-order chi connectivity index (χ0) is 23.0. The van der Waals surface area contributed by atoms with Crippen molar-refractivity contribution in [3.8, 4) is 0 Å². The Kier molecular flexibility index (Phi) is 6.03. The van der Waals surface area contributed by atoms with Gasteiger partial charge in [0.05, 0.1) is 31.5 Å². The summed E-state index contributed by atoms with van der Waals surface area (Å²) in [5.41, 5.74) is 4.39. The van der Waals surface area contributed by atoms with E-state index in [0.29, 0.717) is 30.9 Å². The lowest BCUT2D eigenvalue weighted by molar-refractivity contribution is -0.186. The van der Waals surface area contributed by atoms with Crippen molar-refractivity contribution in [3.05, 3.63) is 70.5 Å². The molecule has 0 aliphatic carbocycles. The van der Waals surface area contributed by atoms with E-state index < -0.39 is 5.79 Å². The topological polar surface area (TPSA) is 54.4 Å². The summed E-state index contributed by atoms with van der Waals surface area (Å²) in [7, 11) is 0. The second-order valence-electron chi connectivity index (χ2n) is 9.23. The Bertz CT molecular complexity index is 1070. The normalized spacial score (nSPS) is 22.7. The number of hydrogen-bond donors (Lipinski definition) is 0. The summed E-state index contributed by atoms with van der Waals surface area (Å²) >= 11 is 0. The predicted molar refractivity (Wildman–Crippen MR) is 123 cm³/mol. The fourth-order valence-electron chi connectivity index (χ4n) is 5.14. The lowest BCUT2D eigenvalue weighted by Gasteiger charge is -2.37. The van der Waals surface area contributed by atoms with Gasteiger partial charge in [-0.05, 0) is 31.0 Å². The third-order valence-corrected chi connectivity index (χ3v) is 6.93. The Labute approximate surface area is 194 Å². The van der Waals surface area contributed by atoms with Gasteiger partial charge in [-0.2, -0.15) is 5.10 Å². The Hall–Kier alpha value is -2.61. The Morgan fingerprint density at radius 3 is 2.55 bits per heavy atom. The van der Waals surface area contributed by atoms with Crippen LogP contribution in [0, 0.1) is 19.7 Å². The number of benzene rings is 2. The molecule has 0 N–H and O–H groups in total. The van der Waals surface area contributed by atoms with Crippen molar-refractivity contribution in [2.75, 3.05) is 32.8 Å². The molecule has 1 amide bonds. The van der Waals surface area contributed by atoms with Gasteiger partial charge in [-0.3, -0.25) is 9.69 Å². The smallest absolute Gasteiger partial charge is 0.257 e. The van der Waals surface area contributed by atoms with Crippen LogP contribution in [0.2, 0.25) is 0 Å². The summed E-state index contributed by atoms with van der Waals surface area (Å²) in [6, 6.07) is 12.6. The molecular weight excluding hydrogens is 421 g/mol. The molecule has 3 heterocycles. The molecule has 33 heavy (non-hydrogen) atoms. The van der Waals surface area contributed by atoms with E-state index in [2.05, 4.69) is 42.0 Å². The zero-order valence-corrected chi connectivity index (χ0v) is 19.2. The number of amides is 1. The molecule has 2 aromatic rings. The molecule has 3 aliphatic heterocycles. The van der Waals surface area contributed by atoms with Crippen molar-refractivity contribution in [2.24, 2.45) is 5.10 Å². The predicted octanol–water partition coefficient (Wildman–Crippen LogP) is 3.96. The minimum absolute atomic E-state index is 0.0736. The molecule has 5 rings (SSSR count). The molecule has 1 atom stereocenters. The second kappa shape index (κ2) is 8.97. The lowest BCUT2D eigenvalue weighted by atomic mass is 9.94. The maximum Gasteiger partial charge on any atom is 0.257 e. The standard InChI is InChI=1S/C26H30FN3O3/c1-18-7-8-20(19(2)15-18)24-16-23(21-5-3-4-6-22(21)27)28-30(24)25(31)17-29-11-9-26(10-12-29)32-13-14-33-26/h3-8,15,24H,9-14,16-17H2,1-2H3/t24-/m0/s1. The van der Waals surface area contributed by atoms with E-state index in [0.717, 1.165) is 37.1 Å². The van der Waals surface area contributed by atoms with E-state index >= 15 is 0 Å². The SMILES string of the molecule is Cc1ccc([C@@H]2CC(c3ccccc3F)=NN2C(=O)CN2CCC3(CC2)OCCO3)c(C)c1. The van der Waals surface area contributed by atoms with Crippen LogP contribution in [0.3, 0.4) is 0 Å². The summed E-state index contributed by atoms with van der Waals surface area (Å²) in [4.78, 5) is 15.6. The summed E-state index contributed by atoms with van der Waals surface area (Å²) in [5.74, 6) is -0.858. The molecule has 0 radical (unpaired) electrons. The number of carbonyl (C=O) groups is 1. The number of halogens is 1. The first kappa shape index (κ1) is 22.2. The van der Waals surface area contributed by atoms with Crippen LogP contribution in [0.1, 0.15) is 47.6 Å². The van der Waals surface area contributed by atoms with Gasteiger partial charge in [0, 0.05) is 37.9 Å². The summed E-state index contributed by atoms with van der Waals surface area (Å²) < 4.78 is 26.1. The van der Waals surface area contributed by atoms with E-state index in [9.17, 15) is 9.18 Å². The molecule has 0 unspecified atom stereocenters. The molecule has 2 fully saturated rings. The molecule has 0 bridgehead atoms. The van der Waals surface area contributed by atoms with Crippen LogP contribution in [0.5, 0.6) is 0 Å². The van der Waals surface area contributed by atoms with Crippen LogP contribution in [0.4, 0.5) is 4.39 Å². The fourth-order valence-corrected chi connectivity index (χ4v) is 5.14. The molecular formula is C26H30FN3O3. The van der Waals surface area contributed by atoms with Crippen LogP contribution in [-0.2, 0) is 14.3 Å². The van der Waals surface area contributed by atoms with Gasteiger partial charge >= 0.3 is 0 Å². The van der Waals surface area contributed by atoms with Gasteiger partial charge in [-0.15, -0.1) is 0 Å². The Balaban J connectivity index is 1.37. The van der Waals surface area contributed by atoms with Crippen LogP contribution < -0.4 is 0 Å². The molecule has 1 spiro atoms. The quantitative estimate of drug-likeness (QED) is 0.706. The number of rotatable bonds is 4. The zero-order valence-electron chi connectivity index (χ0n) is 19.2. The van der Waals surface area contributed by atoms with Gasteiger partial charge in [-0.25, -0.2) is 9.40 Å². The third-order valence-electron chi connectivity index (χ3n) is 6.93. The average molecular weight is 452 g/mol. The average Bonchev–Trinajstić information content (AvgIpc) is 3.44. The number of piperidine rings is 1. The van der Waals surface area contributed by atoms with Gasteiger partial charge < -0.3 is 9.47 Å². The second-order valence-corrected chi connectivity index (χ2v) is 9.23. The van der Waals surface area contributed by atoms with Gasteiger partial charge in [0.2, 0.25) is 0 Å². The maximum atomic E-state index is 14.5. The number of likely N-dealkylation sites (tertiary alicyclic amines) is 1. The minimum atomic E-state index is -0.467. The Morgan fingerprint density at radius 1 is 1.12 bits per heavy atom. The summed E-state index contributed by atoms with van der Waals surface area (Å²) in [5, 5.41) is 6.24. The molecule has 0 aromatic heterocycles. The van der Waals surface area contributed by atoms with E-state index in [1.165, 1.54) is 11.6 Å². The molecule has 7 heteroatoms. The van der Waals surface area contributed by atoms with Gasteiger partial charge in [0.15, 0.2) is 5.79 Å². The first-order valence-corrected chi connectivity index (χ1v) is 11.7. The van der Waals surface area contributed by atoms with Gasteiger partial charge in [0.25, 0.3) is 5.91 Å². The molecule has 3 aliphatic rings. The first-order valence-electron chi connectivity index (χ1n) is 11.7. The van der Waals surface area contributed by atoms with Crippen molar-refractivity contribution in [3.63, 3.8) is 0 Å². The monoisotopic (exact) mass is 451 g/mol. The van der Waals surface area contributed by atoms with Crippen LogP contribution in [0.25, 0.3) is 0 Å². The maximum absolute atomic E-state index is 14.5. The van der Waals surface area contributed by atoms with Crippen molar-refractivity contribution in [1.82, 2.24) is 9.91 Å². The first-order chi connectivity index (χ1) is 15.9. The number of ether oxygens (including phenoxy) is 2. The molecule has 0 saturated carbocycles. The fraction of sp³-hybridized carbons (Fsp3) is 0.462. The highest BCUT2D eigenvalue weighted by atomic mass is 19.1. The van der Waals surface area contributed by atoms with E-state index in [1.807, 2.05) is 0 Å². The molecule has 2 saturated heterocycles. The molecule has 6 nitrogen and oxygen atoms in total. The number of carbonyl (C=O) groups excluding carboxylic acids is 1. The van der Waals surface area contributed by atoms with Crippen molar-refractivity contribution in [2.45, 2.75) is 44.9 Å². The minimum Gasteiger partial charge on any atom is -0.347 e. The number of aryl methyl sites for hydroxylation is 2. The largest absolute Gasteiger partial charge is 0.347 e. The third kappa shape index (κ3) is 4.45. The van der Waals surface area contributed by atoms with Crippen LogP contribution in [0.15, 0.2) is 47.6 Å². The molecule has 174 valence electrons. The Morgan fingerprint density at radius 2 is 1.85 bits per heavy atom. The van der Waals surface area contributed by atoms with Crippen molar-refractivity contribution in [1.29, 1.82) is 0 Å². The van der Waals surface area contributed by atoms with Gasteiger partial charge in [-0.1, -0.05) is 42.0 Å². The van der Waals surface area contributed by atoms with Crippen molar-refractivity contribution >= 4 is 11.6 Å². The van der Waals surface area contributed by atoms with E-state index in [-0.39, 0.29) is 24.3 Å². The highest BCUT2D eigenvalue weighted by Crippen LogP contribution is 2.36. The van der Waals surface area contributed by atoms with Gasteiger partial charge in [0.1, 0.15) is 5.82 Å². The highest BCUT2D eigenvalue weighted by Gasteiger charge is 2.41. The van der Waals surface area contributed by atoms with E-state index in [4.69, 9.17) is 9.47 Å². The summed E-state index contributed by atoms with van der Waals surface area (Å²) in [6.45, 7) is 7.12. The van der Waals surface area contributed by atoms with Crippen LogP contribution in [-0.4, -0.2) is 60.2 Å². The summed E-state index contributed by atoms with van der Waals surface area (Å²) in [6.07, 6.45) is 2.00. The number of hydrogen-bond acceptors (Lipinski definition) is 5. The molecule has 2 aromatic carbocycles. The number of hydrazone groups is 1. The highest BCUT2D eigenvalue weighted by molar-refractivity contribution is 6.03. The lowest BCUT2D eigenvalue weighted by Crippen LogP contribution is -2.48. The van der Waals surface area contributed by atoms with Crippen molar-refractivity contribution < 1.29 is 18.7 Å².